The minimum absolute atomic E-state index is 0.427. The van der Waals surface area contributed by atoms with Gasteiger partial charge in [-0.05, 0) is 47.8 Å². The van der Waals surface area contributed by atoms with E-state index in [2.05, 4.69) is 66.3 Å². The summed E-state index contributed by atoms with van der Waals surface area (Å²) in [6.07, 6.45) is 6.28. The van der Waals surface area contributed by atoms with E-state index in [1.165, 1.54) is 25.0 Å². The van der Waals surface area contributed by atoms with Crippen LogP contribution in [0.1, 0.15) is 67.7 Å². The second kappa shape index (κ2) is 7.02. The highest BCUT2D eigenvalue weighted by Crippen LogP contribution is 2.48. The Labute approximate surface area is 125 Å². The van der Waals surface area contributed by atoms with Crippen LogP contribution < -0.4 is 0 Å². The van der Waals surface area contributed by atoms with Gasteiger partial charge in [-0.3, -0.25) is 0 Å². The van der Waals surface area contributed by atoms with Gasteiger partial charge >= 0.3 is 0 Å². The number of hydrogen-bond donors (Lipinski definition) is 0. The van der Waals surface area contributed by atoms with E-state index in [1.54, 1.807) is 16.1 Å². The van der Waals surface area contributed by atoms with Crippen molar-refractivity contribution < 1.29 is 0 Å². The molecule has 1 aliphatic carbocycles. The summed E-state index contributed by atoms with van der Waals surface area (Å²) in [4.78, 5) is 1.63. The molecular formula is C18H32S. The van der Waals surface area contributed by atoms with Gasteiger partial charge in [0.2, 0.25) is 0 Å². The SMILES string of the molecule is CCCSC1=C(C(C)C)CC(C)(C)C/C1=C\C(C)C. The molecule has 0 saturated carbocycles. The smallest absolute Gasteiger partial charge is 0.00959 e. The lowest BCUT2D eigenvalue weighted by molar-refractivity contribution is 0.336. The second-order valence-corrected chi connectivity index (χ2v) is 8.42. The predicted molar refractivity (Wildman–Crippen MR) is 90.5 cm³/mol. The third-order valence-electron chi connectivity index (χ3n) is 3.60. The van der Waals surface area contributed by atoms with Gasteiger partial charge in [0.1, 0.15) is 0 Å². The van der Waals surface area contributed by atoms with Crippen LogP contribution in [0.4, 0.5) is 0 Å². The lowest BCUT2D eigenvalue weighted by atomic mass is 9.72. The lowest BCUT2D eigenvalue weighted by Gasteiger charge is -2.37. The molecule has 0 bridgehead atoms. The Balaban J connectivity index is 3.20. The number of hydrogen-bond acceptors (Lipinski definition) is 1. The predicted octanol–water partition coefficient (Wildman–Crippen LogP) is 6.44. The Hall–Kier alpha value is -0.170. The topological polar surface area (TPSA) is 0 Å². The number of allylic oxidation sites excluding steroid dienone is 3. The monoisotopic (exact) mass is 280 g/mol. The standard InChI is InChI=1S/C18H32S/c1-8-9-19-17-15(10-13(2)3)11-18(6,7)12-16(17)14(4)5/h10,13-14H,8-9,11-12H2,1-7H3/b15-10+. The first-order chi connectivity index (χ1) is 8.76. The van der Waals surface area contributed by atoms with Crippen LogP contribution in [-0.2, 0) is 0 Å². The van der Waals surface area contributed by atoms with Crippen molar-refractivity contribution in [1.29, 1.82) is 0 Å². The molecule has 0 aliphatic heterocycles. The van der Waals surface area contributed by atoms with Crippen LogP contribution in [0.3, 0.4) is 0 Å². The normalized spacial score (nSPS) is 21.8. The zero-order chi connectivity index (χ0) is 14.6. The van der Waals surface area contributed by atoms with Crippen LogP contribution in [0.2, 0.25) is 0 Å². The highest BCUT2D eigenvalue weighted by molar-refractivity contribution is 8.03. The summed E-state index contributed by atoms with van der Waals surface area (Å²) >= 11 is 2.10. The fourth-order valence-electron chi connectivity index (χ4n) is 2.85. The molecule has 0 amide bonds. The van der Waals surface area contributed by atoms with Gasteiger partial charge < -0.3 is 0 Å². The van der Waals surface area contributed by atoms with Crippen molar-refractivity contribution in [3.63, 3.8) is 0 Å². The number of thioether (sulfide) groups is 1. The van der Waals surface area contributed by atoms with Crippen molar-refractivity contribution in [3.05, 3.63) is 22.1 Å². The van der Waals surface area contributed by atoms with E-state index >= 15 is 0 Å². The summed E-state index contributed by atoms with van der Waals surface area (Å²) in [7, 11) is 0. The van der Waals surface area contributed by atoms with Crippen LogP contribution >= 0.6 is 11.8 Å². The average Bonchev–Trinajstić information content (AvgIpc) is 2.25. The van der Waals surface area contributed by atoms with Crippen molar-refractivity contribution in [2.24, 2.45) is 17.3 Å². The quantitative estimate of drug-likeness (QED) is 0.558. The molecule has 0 saturated heterocycles. The van der Waals surface area contributed by atoms with E-state index in [9.17, 15) is 0 Å². The number of rotatable bonds is 5. The summed E-state index contributed by atoms with van der Waals surface area (Å²) in [6, 6.07) is 0. The molecule has 0 spiro atoms. The molecule has 1 rings (SSSR count). The molecule has 1 aliphatic rings. The average molecular weight is 281 g/mol. The Kier molecular flexibility index (Phi) is 6.23. The Morgan fingerprint density at radius 3 is 2.26 bits per heavy atom. The summed E-state index contributed by atoms with van der Waals surface area (Å²) in [6.45, 7) is 16.4. The molecule has 0 fully saturated rings. The first-order valence-electron chi connectivity index (χ1n) is 7.83. The Morgan fingerprint density at radius 2 is 1.79 bits per heavy atom. The van der Waals surface area contributed by atoms with E-state index < -0.39 is 0 Å². The first kappa shape index (κ1) is 16.9. The van der Waals surface area contributed by atoms with Gasteiger partial charge in [-0.2, -0.15) is 0 Å². The molecule has 0 nitrogen and oxygen atoms in total. The van der Waals surface area contributed by atoms with Gasteiger partial charge in [0, 0.05) is 4.91 Å². The minimum atomic E-state index is 0.427. The van der Waals surface area contributed by atoms with E-state index in [-0.39, 0.29) is 0 Å². The fourth-order valence-corrected chi connectivity index (χ4v) is 4.08. The Bertz CT molecular complexity index is 356. The van der Waals surface area contributed by atoms with Crippen molar-refractivity contribution >= 4 is 11.8 Å². The molecule has 0 aromatic carbocycles. The third kappa shape index (κ3) is 5.02. The summed E-state index contributed by atoms with van der Waals surface area (Å²) in [5, 5.41) is 0. The van der Waals surface area contributed by atoms with Crippen LogP contribution in [0, 0.1) is 17.3 Å². The second-order valence-electron chi connectivity index (χ2n) is 7.31. The first-order valence-corrected chi connectivity index (χ1v) is 8.82. The van der Waals surface area contributed by atoms with Crippen molar-refractivity contribution in [3.8, 4) is 0 Å². The maximum Gasteiger partial charge on any atom is 0.00959 e. The largest absolute Gasteiger partial charge is 0.126 e. The van der Waals surface area contributed by atoms with Crippen LogP contribution in [-0.4, -0.2) is 5.75 Å². The molecule has 110 valence electrons. The molecule has 1 heteroatoms. The summed E-state index contributed by atoms with van der Waals surface area (Å²) in [5.41, 5.74) is 3.74. The molecule has 0 radical (unpaired) electrons. The van der Waals surface area contributed by atoms with E-state index in [1.807, 2.05) is 0 Å². The van der Waals surface area contributed by atoms with Gasteiger partial charge in [0.25, 0.3) is 0 Å². The summed E-state index contributed by atoms with van der Waals surface area (Å²) < 4.78 is 0. The van der Waals surface area contributed by atoms with Gasteiger partial charge in [0.05, 0.1) is 0 Å². The molecule has 0 aromatic rings. The molecular weight excluding hydrogens is 248 g/mol. The fraction of sp³-hybridized carbons (Fsp3) is 0.778. The molecule has 0 unspecified atom stereocenters. The molecule has 19 heavy (non-hydrogen) atoms. The summed E-state index contributed by atoms with van der Waals surface area (Å²) in [5.74, 6) is 2.57. The van der Waals surface area contributed by atoms with E-state index in [0.717, 1.165) is 0 Å². The van der Waals surface area contributed by atoms with Crippen LogP contribution in [0.5, 0.6) is 0 Å². The van der Waals surface area contributed by atoms with Crippen LogP contribution in [0.25, 0.3) is 0 Å². The van der Waals surface area contributed by atoms with Gasteiger partial charge in [-0.25, -0.2) is 0 Å². The van der Waals surface area contributed by atoms with Crippen molar-refractivity contribution in [2.75, 3.05) is 5.75 Å². The van der Waals surface area contributed by atoms with Gasteiger partial charge in [-0.15, -0.1) is 11.8 Å². The van der Waals surface area contributed by atoms with Crippen LogP contribution in [0.15, 0.2) is 22.1 Å². The molecule has 0 aromatic heterocycles. The Morgan fingerprint density at radius 1 is 1.16 bits per heavy atom. The van der Waals surface area contributed by atoms with Gasteiger partial charge in [0.15, 0.2) is 0 Å². The van der Waals surface area contributed by atoms with E-state index in [0.29, 0.717) is 17.3 Å². The maximum atomic E-state index is 2.50. The molecule has 0 atom stereocenters. The third-order valence-corrected chi connectivity index (χ3v) is 5.03. The minimum Gasteiger partial charge on any atom is -0.126 e. The highest BCUT2D eigenvalue weighted by atomic mass is 32.2. The van der Waals surface area contributed by atoms with Crippen molar-refractivity contribution in [1.82, 2.24) is 0 Å². The highest BCUT2D eigenvalue weighted by Gasteiger charge is 2.31. The molecule has 0 N–H and O–H groups in total. The lowest BCUT2D eigenvalue weighted by Crippen LogP contribution is -2.22. The van der Waals surface area contributed by atoms with E-state index in [4.69, 9.17) is 0 Å². The maximum absolute atomic E-state index is 2.50. The molecule has 0 heterocycles. The van der Waals surface area contributed by atoms with Gasteiger partial charge in [-0.1, -0.05) is 60.1 Å². The zero-order valence-corrected chi connectivity index (χ0v) is 14.8. The van der Waals surface area contributed by atoms with Crippen molar-refractivity contribution in [2.45, 2.75) is 67.7 Å². The zero-order valence-electron chi connectivity index (χ0n) is 14.0.